The van der Waals surface area contributed by atoms with Gasteiger partial charge in [0.05, 0.1) is 12.0 Å². The van der Waals surface area contributed by atoms with Gasteiger partial charge in [-0.25, -0.2) is 0 Å². The van der Waals surface area contributed by atoms with Crippen LogP contribution in [-0.2, 0) is 11.3 Å². The number of hydrogen-bond donors (Lipinski definition) is 1. The molecule has 2 heterocycles. The second-order valence-electron chi connectivity index (χ2n) is 6.15. The normalized spacial score (nSPS) is 10.7. The van der Waals surface area contributed by atoms with Crippen LogP contribution < -0.4 is 5.32 Å². The Labute approximate surface area is 177 Å². The summed E-state index contributed by atoms with van der Waals surface area (Å²) >= 11 is 2.45. The first-order chi connectivity index (χ1) is 14.0. The first kappa shape index (κ1) is 21.0. The van der Waals surface area contributed by atoms with Crippen LogP contribution in [0.15, 0.2) is 57.1 Å². The van der Waals surface area contributed by atoms with E-state index in [1.165, 1.54) is 16.7 Å². The van der Waals surface area contributed by atoms with Crippen LogP contribution in [0.1, 0.15) is 6.92 Å². The smallest absolute Gasteiger partial charge is 0.285 e. The molecule has 0 fully saturated rings. The van der Waals surface area contributed by atoms with Crippen molar-refractivity contribution in [2.75, 3.05) is 25.2 Å². The number of amides is 2. The molecule has 0 aliphatic heterocycles. The minimum Gasteiger partial charge on any atom is -0.461 e. The molecule has 1 aromatic carbocycles. The second-order valence-corrected chi connectivity index (χ2v) is 8.12. The lowest BCUT2D eigenvalue weighted by Crippen LogP contribution is -2.16. The molecule has 3 aromatic rings. The summed E-state index contributed by atoms with van der Waals surface area (Å²) in [6.07, 6.45) is 1.59. The van der Waals surface area contributed by atoms with Crippen molar-refractivity contribution >= 4 is 40.4 Å². The minimum absolute atomic E-state index is 0.0489. The maximum Gasteiger partial charge on any atom is 0.285 e. The summed E-state index contributed by atoms with van der Waals surface area (Å²) in [7, 11) is 3.41. The van der Waals surface area contributed by atoms with Crippen molar-refractivity contribution in [3.05, 3.63) is 42.7 Å². The number of nitrogens with zero attached hydrogens (tertiary/aromatic N) is 4. The van der Waals surface area contributed by atoms with Crippen LogP contribution in [0.4, 0.5) is 10.5 Å². The molecule has 0 bridgehead atoms. The van der Waals surface area contributed by atoms with Gasteiger partial charge in [0.15, 0.2) is 16.7 Å². The number of nitrogens with one attached hydrogen (secondary N) is 1. The van der Waals surface area contributed by atoms with Crippen LogP contribution in [0.3, 0.4) is 0 Å². The molecule has 0 aliphatic rings. The topological polar surface area (TPSA) is 93.3 Å². The Morgan fingerprint density at radius 2 is 1.93 bits per heavy atom. The molecular weight excluding hydrogens is 410 g/mol. The van der Waals surface area contributed by atoms with E-state index in [0.717, 1.165) is 16.7 Å². The summed E-state index contributed by atoms with van der Waals surface area (Å²) in [6, 6.07) is 10.8. The molecule has 0 spiro atoms. The number of benzene rings is 1. The monoisotopic (exact) mass is 431 g/mol. The van der Waals surface area contributed by atoms with Gasteiger partial charge in [-0.1, -0.05) is 11.8 Å². The van der Waals surface area contributed by atoms with Crippen molar-refractivity contribution in [1.82, 2.24) is 19.7 Å². The fourth-order valence-corrected chi connectivity index (χ4v) is 3.85. The molecule has 2 amide bonds. The Morgan fingerprint density at radius 3 is 2.55 bits per heavy atom. The number of rotatable bonds is 7. The summed E-state index contributed by atoms with van der Waals surface area (Å²) in [5, 5.41) is 11.8. The van der Waals surface area contributed by atoms with Crippen LogP contribution in [0.2, 0.25) is 0 Å². The van der Waals surface area contributed by atoms with Crippen LogP contribution in [0.5, 0.6) is 0 Å². The van der Waals surface area contributed by atoms with E-state index in [-0.39, 0.29) is 16.9 Å². The van der Waals surface area contributed by atoms with Crippen molar-refractivity contribution < 1.29 is 14.0 Å². The average molecular weight is 432 g/mol. The second kappa shape index (κ2) is 9.66. The number of furan rings is 1. The molecule has 152 valence electrons. The van der Waals surface area contributed by atoms with E-state index in [0.29, 0.717) is 29.0 Å². The summed E-state index contributed by atoms with van der Waals surface area (Å²) in [5.74, 6) is 1.33. The lowest BCUT2D eigenvalue weighted by molar-refractivity contribution is -0.113. The standard InChI is InChI=1S/C19H21N5O3S2/c1-4-24-17(15-6-5-11-27-15)21-22-18(24)28-12-16(25)20-13-7-9-14(10-8-13)29-19(26)23(2)3/h5-11H,4,12H2,1-3H3,(H,20,25). The molecule has 0 saturated heterocycles. The number of carbonyl (C=O) groups is 2. The number of anilines is 1. The Bertz CT molecular complexity index is 968. The zero-order valence-corrected chi connectivity index (χ0v) is 17.9. The highest BCUT2D eigenvalue weighted by atomic mass is 32.2. The first-order valence-corrected chi connectivity index (χ1v) is 10.7. The van der Waals surface area contributed by atoms with Crippen molar-refractivity contribution in [2.45, 2.75) is 23.5 Å². The van der Waals surface area contributed by atoms with Gasteiger partial charge in [0.2, 0.25) is 5.91 Å². The van der Waals surface area contributed by atoms with Gasteiger partial charge in [0.25, 0.3) is 5.24 Å². The van der Waals surface area contributed by atoms with E-state index in [1.807, 2.05) is 17.6 Å². The molecule has 1 N–H and O–H groups in total. The van der Waals surface area contributed by atoms with E-state index in [9.17, 15) is 9.59 Å². The fourth-order valence-electron chi connectivity index (χ4n) is 2.39. The molecule has 0 saturated carbocycles. The largest absolute Gasteiger partial charge is 0.461 e. The van der Waals surface area contributed by atoms with Crippen molar-refractivity contribution in [2.24, 2.45) is 0 Å². The van der Waals surface area contributed by atoms with Crippen molar-refractivity contribution in [3.8, 4) is 11.6 Å². The summed E-state index contributed by atoms with van der Waals surface area (Å²) in [6.45, 7) is 2.65. The van der Waals surface area contributed by atoms with Gasteiger partial charge in [-0.05, 0) is 55.1 Å². The zero-order valence-electron chi connectivity index (χ0n) is 16.3. The van der Waals surface area contributed by atoms with Crippen LogP contribution in [0.25, 0.3) is 11.6 Å². The van der Waals surface area contributed by atoms with Gasteiger partial charge in [0.1, 0.15) is 0 Å². The molecular formula is C19H21N5O3S2. The fraction of sp³-hybridized carbons (Fsp3) is 0.263. The highest BCUT2D eigenvalue weighted by Gasteiger charge is 2.16. The molecule has 0 radical (unpaired) electrons. The van der Waals surface area contributed by atoms with E-state index < -0.39 is 0 Å². The molecule has 8 nitrogen and oxygen atoms in total. The molecule has 0 atom stereocenters. The highest BCUT2D eigenvalue weighted by molar-refractivity contribution is 8.13. The minimum atomic E-state index is -0.148. The molecule has 0 aliphatic carbocycles. The number of hydrogen-bond acceptors (Lipinski definition) is 7. The Balaban J connectivity index is 1.56. The Hall–Kier alpha value is -2.72. The lowest BCUT2D eigenvalue weighted by atomic mass is 10.3. The van der Waals surface area contributed by atoms with E-state index in [4.69, 9.17) is 4.42 Å². The number of aromatic nitrogens is 3. The van der Waals surface area contributed by atoms with Crippen LogP contribution in [-0.4, -0.2) is 50.7 Å². The summed E-state index contributed by atoms with van der Waals surface area (Å²) in [4.78, 5) is 26.4. The average Bonchev–Trinajstić information content (AvgIpc) is 3.36. The Morgan fingerprint density at radius 1 is 1.17 bits per heavy atom. The molecule has 29 heavy (non-hydrogen) atoms. The van der Waals surface area contributed by atoms with E-state index >= 15 is 0 Å². The van der Waals surface area contributed by atoms with Crippen molar-refractivity contribution in [1.29, 1.82) is 0 Å². The van der Waals surface area contributed by atoms with Gasteiger partial charge >= 0.3 is 0 Å². The third-order valence-electron chi connectivity index (χ3n) is 3.82. The summed E-state index contributed by atoms with van der Waals surface area (Å²) in [5.41, 5.74) is 0.672. The zero-order chi connectivity index (χ0) is 20.8. The predicted octanol–water partition coefficient (Wildman–Crippen LogP) is 4.06. The molecule has 2 aromatic heterocycles. The predicted molar refractivity (Wildman–Crippen MR) is 114 cm³/mol. The van der Waals surface area contributed by atoms with Gasteiger partial charge in [-0.3, -0.25) is 14.2 Å². The maximum atomic E-state index is 12.3. The van der Waals surface area contributed by atoms with E-state index in [1.54, 1.807) is 50.7 Å². The molecule has 10 heteroatoms. The van der Waals surface area contributed by atoms with Crippen molar-refractivity contribution in [3.63, 3.8) is 0 Å². The number of carbonyl (C=O) groups excluding carboxylic acids is 2. The van der Waals surface area contributed by atoms with Crippen LogP contribution in [0, 0.1) is 0 Å². The maximum absolute atomic E-state index is 12.3. The summed E-state index contributed by atoms with van der Waals surface area (Å²) < 4.78 is 7.30. The lowest BCUT2D eigenvalue weighted by Gasteiger charge is -2.10. The molecule has 3 rings (SSSR count). The van der Waals surface area contributed by atoms with Gasteiger partial charge in [-0.15, -0.1) is 10.2 Å². The quantitative estimate of drug-likeness (QED) is 0.564. The van der Waals surface area contributed by atoms with Gasteiger partial charge in [-0.2, -0.15) is 0 Å². The van der Waals surface area contributed by atoms with Gasteiger partial charge in [0, 0.05) is 31.2 Å². The van der Waals surface area contributed by atoms with Crippen LogP contribution >= 0.6 is 23.5 Å². The third kappa shape index (κ3) is 5.42. The highest BCUT2D eigenvalue weighted by Crippen LogP contribution is 2.25. The van der Waals surface area contributed by atoms with E-state index in [2.05, 4.69) is 15.5 Å². The number of thioether (sulfide) groups is 2. The molecule has 0 unspecified atom stereocenters. The SMILES string of the molecule is CCn1c(SCC(=O)Nc2ccc(SC(=O)N(C)C)cc2)nnc1-c1ccco1. The third-order valence-corrected chi connectivity index (χ3v) is 5.83. The van der Waals surface area contributed by atoms with Gasteiger partial charge < -0.3 is 14.6 Å². The Kier molecular flexibility index (Phi) is 6.99. The first-order valence-electron chi connectivity index (χ1n) is 8.87.